The lowest BCUT2D eigenvalue weighted by Gasteiger charge is -2.23. The van der Waals surface area contributed by atoms with Gasteiger partial charge < -0.3 is 9.47 Å². The van der Waals surface area contributed by atoms with Gasteiger partial charge in [-0.25, -0.2) is 0 Å². The molecule has 2 unspecified atom stereocenters. The fourth-order valence-corrected chi connectivity index (χ4v) is 1.52. The van der Waals surface area contributed by atoms with Gasteiger partial charge in [0.1, 0.15) is 5.76 Å². The lowest BCUT2D eigenvalue weighted by molar-refractivity contribution is 0.105. The molecule has 0 N–H and O–H groups in total. The van der Waals surface area contributed by atoms with Crippen LogP contribution < -0.4 is 0 Å². The first-order valence-corrected chi connectivity index (χ1v) is 4.16. The summed E-state index contributed by atoms with van der Waals surface area (Å²) in [5, 5.41) is 0. The zero-order valence-corrected chi connectivity index (χ0v) is 8.13. The predicted molar refractivity (Wildman–Crippen MR) is 48.8 cm³/mol. The van der Waals surface area contributed by atoms with Crippen molar-refractivity contribution in [3.63, 3.8) is 0 Å². The van der Waals surface area contributed by atoms with Crippen LogP contribution >= 0.6 is 0 Å². The Bertz CT molecular complexity index is 216. The highest BCUT2D eigenvalue weighted by molar-refractivity contribution is 5.30. The average molecular weight is 168 g/mol. The van der Waals surface area contributed by atoms with E-state index in [1.54, 1.807) is 14.2 Å². The van der Waals surface area contributed by atoms with Gasteiger partial charge in [-0.2, -0.15) is 0 Å². The number of methoxy groups -OCH3 is 2. The van der Waals surface area contributed by atoms with Crippen molar-refractivity contribution in [2.24, 2.45) is 5.92 Å². The molecule has 0 aromatic heterocycles. The molecule has 0 saturated heterocycles. The summed E-state index contributed by atoms with van der Waals surface area (Å²) in [7, 11) is 3.41. The molecular formula is C10H16O2. The Morgan fingerprint density at radius 2 is 1.92 bits per heavy atom. The van der Waals surface area contributed by atoms with E-state index in [9.17, 15) is 0 Å². The number of allylic oxidation sites excluding steroid dienone is 1. The standard InChI is InChI=1S/C10H16O2/c1-7-5-8(2)10(12-4)6-9(7)11-3/h5-7,9H,1-4H3. The van der Waals surface area contributed by atoms with Crippen LogP contribution in [-0.2, 0) is 9.47 Å². The number of rotatable bonds is 2. The second kappa shape index (κ2) is 3.76. The minimum Gasteiger partial charge on any atom is -0.497 e. The highest BCUT2D eigenvalue weighted by atomic mass is 16.5. The Hall–Kier alpha value is -0.760. The van der Waals surface area contributed by atoms with Crippen LogP contribution in [0.2, 0.25) is 0 Å². The van der Waals surface area contributed by atoms with Crippen molar-refractivity contribution in [1.29, 1.82) is 0 Å². The summed E-state index contributed by atoms with van der Waals surface area (Å²) in [4.78, 5) is 0. The second-order valence-electron chi connectivity index (χ2n) is 3.14. The Morgan fingerprint density at radius 1 is 1.25 bits per heavy atom. The van der Waals surface area contributed by atoms with Gasteiger partial charge in [-0.05, 0) is 18.6 Å². The molecule has 68 valence electrons. The van der Waals surface area contributed by atoms with Crippen LogP contribution in [-0.4, -0.2) is 20.3 Å². The number of hydrogen-bond donors (Lipinski definition) is 0. The summed E-state index contributed by atoms with van der Waals surface area (Å²) < 4.78 is 10.5. The van der Waals surface area contributed by atoms with E-state index in [0.717, 1.165) is 5.76 Å². The zero-order valence-electron chi connectivity index (χ0n) is 8.13. The largest absolute Gasteiger partial charge is 0.497 e. The topological polar surface area (TPSA) is 18.5 Å². The molecule has 1 aliphatic rings. The van der Waals surface area contributed by atoms with E-state index in [1.807, 2.05) is 6.08 Å². The molecule has 0 saturated carbocycles. The highest BCUT2D eigenvalue weighted by Crippen LogP contribution is 2.24. The van der Waals surface area contributed by atoms with E-state index < -0.39 is 0 Å². The van der Waals surface area contributed by atoms with Gasteiger partial charge in [0, 0.05) is 13.0 Å². The third-order valence-electron chi connectivity index (χ3n) is 2.23. The second-order valence-corrected chi connectivity index (χ2v) is 3.14. The van der Waals surface area contributed by atoms with Crippen molar-refractivity contribution in [2.45, 2.75) is 20.0 Å². The Kier molecular flexibility index (Phi) is 2.93. The molecule has 0 aromatic carbocycles. The average Bonchev–Trinajstić information content (AvgIpc) is 2.05. The van der Waals surface area contributed by atoms with E-state index in [4.69, 9.17) is 9.47 Å². The molecule has 0 amide bonds. The third kappa shape index (κ3) is 1.69. The quantitative estimate of drug-likeness (QED) is 0.629. The van der Waals surface area contributed by atoms with Gasteiger partial charge in [-0.15, -0.1) is 0 Å². The van der Waals surface area contributed by atoms with Gasteiger partial charge in [0.2, 0.25) is 0 Å². The van der Waals surface area contributed by atoms with Crippen molar-refractivity contribution in [3.05, 3.63) is 23.5 Å². The van der Waals surface area contributed by atoms with Crippen LogP contribution in [0, 0.1) is 5.92 Å². The van der Waals surface area contributed by atoms with E-state index in [1.165, 1.54) is 5.57 Å². The van der Waals surface area contributed by atoms with Crippen LogP contribution in [0.5, 0.6) is 0 Å². The molecule has 0 fully saturated rings. The maximum atomic E-state index is 5.28. The van der Waals surface area contributed by atoms with E-state index in [0.29, 0.717) is 5.92 Å². The maximum Gasteiger partial charge on any atom is 0.120 e. The number of ether oxygens (including phenoxy) is 2. The highest BCUT2D eigenvalue weighted by Gasteiger charge is 2.19. The molecule has 0 aliphatic heterocycles. The first kappa shape index (κ1) is 9.33. The van der Waals surface area contributed by atoms with Crippen molar-refractivity contribution in [2.75, 3.05) is 14.2 Å². The first-order chi connectivity index (χ1) is 5.69. The molecule has 0 spiro atoms. The van der Waals surface area contributed by atoms with Crippen LogP contribution in [0.15, 0.2) is 23.5 Å². The Labute approximate surface area is 73.9 Å². The fraction of sp³-hybridized carbons (Fsp3) is 0.600. The Morgan fingerprint density at radius 3 is 2.42 bits per heavy atom. The summed E-state index contributed by atoms with van der Waals surface area (Å²) in [5.74, 6) is 1.37. The molecule has 12 heavy (non-hydrogen) atoms. The fourth-order valence-electron chi connectivity index (χ4n) is 1.52. The molecule has 2 nitrogen and oxygen atoms in total. The molecule has 1 rings (SSSR count). The van der Waals surface area contributed by atoms with Crippen molar-refractivity contribution >= 4 is 0 Å². The normalized spacial score (nSPS) is 29.3. The van der Waals surface area contributed by atoms with E-state index in [-0.39, 0.29) is 6.10 Å². The Balaban J connectivity index is 2.81. The molecule has 1 aliphatic carbocycles. The zero-order chi connectivity index (χ0) is 9.14. The molecule has 0 bridgehead atoms. The van der Waals surface area contributed by atoms with E-state index in [2.05, 4.69) is 19.9 Å². The summed E-state index contributed by atoms with van der Waals surface area (Å²) >= 11 is 0. The summed E-state index contributed by atoms with van der Waals surface area (Å²) in [6.45, 7) is 4.19. The van der Waals surface area contributed by atoms with E-state index >= 15 is 0 Å². The molecule has 0 heterocycles. The molecule has 2 heteroatoms. The van der Waals surface area contributed by atoms with Gasteiger partial charge in [-0.1, -0.05) is 13.0 Å². The van der Waals surface area contributed by atoms with Crippen molar-refractivity contribution in [1.82, 2.24) is 0 Å². The smallest absolute Gasteiger partial charge is 0.120 e. The van der Waals surface area contributed by atoms with Crippen LogP contribution in [0.3, 0.4) is 0 Å². The summed E-state index contributed by atoms with van der Waals surface area (Å²) in [6, 6.07) is 0. The minimum absolute atomic E-state index is 0.156. The molecule has 0 radical (unpaired) electrons. The lowest BCUT2D eigenvalue weighted by Crippen LogP contribution is -2.20. The minimum atomic E-state index is 0.156. The predicted octanol–water partition coefficient (Wildman–Crippen LogP) is 2.13. The summed E-state index contributed by atoms with van der Waals surface area (Å²) in [6.07, 6.45) is 4.36. The van der Waals surface area contributed by atoms with Gasteiger partial charge >= 0.3 is 0 Å². The SMILES string of the molecule is COC1=CC(OC)C(C)C=C1C. The van der Waals surface area contributed by atoms with Crippen molar-refractivity contribution < 1.29 is 9.47 Å². The van der Waals surface area contributed by atoms with Crippen LogP contribution in [0.25, 0.3) is 0 Å². The maximum absolute atomic E-state index is 5.28. The first-order valence-electron chi connectivity index (χ1n) is 4.16. The van der Waals surface area contributed by atoms with Gasteiger partial charge in [-0.3, -0.25) is 0 Å². The lowest BCUT2D eigenvalue weighted by atomic mass is 9.94. The summed E-state index contributed by atoms with van der Waals surface area (Å²) in [5.41, 5.74) is 1.19. The monoisotopic (exact) mass is 168 g/mol. The van der Waals surface area contributed by atoms with Gasteiger partial charge in [0.25, 0.3) is 0 Å². The molecule has 2 atom stereocenters. The third-order valence-corrected chi connectivity index (χ3v) is 2.23. The van der Waals surface area contributed by atoms with Crippen molar-refractivity contribution in [3.8, 4) is 0 Å². The van der Waals surface area contributed by atoms with Gasteiger partial charge in [0.15, 0.2) is 0 Å². The van der Waals surface area contributed by atoms with Crippen LogP contribution in [0.1, 0.15) is 13.8 Å². The van der Waals surface area contributed by atoms with Crippen LogP contribution in [0.4, 0.5) is 0 Å². The molecule has 0 aromatic rings. The van der Waals surface area contributed by atoms with Gasteiger partial charge in [0.05, 0.1) is 13.2 Å². The number of hydrogen-bond acceptors (Lipinski definition) is 2. The molecular weight excluding hydrogens is 152 g/mol.